The molecule has 0 aliphatic heterocycles. The van der Waals surface area contributed by atoms with E-state index in [9.17, 15) is 13.2 Å². The van der Waals surface area contributed by atoms with Crippen LogP contribution in [0.3, 0.4) is 0 Å². The molecule has 0 saturated heterocycles. The summed E-state index contributed by atoms with van der Waals surface area (Å²) in [6, 6.07) is 4.66. The molecule has 0 fully saturated rings. The van der Waals surface area contributed by atoms with Gasteiger partial charge < -0.3 is 10.1 Å². The number of ether oxygens (including phenoxy) is 1. The maximum atomic E-state index is 12.1. The van der Waals surface area contributed by atoms with Crippen LogP contribution < -0.4 is 14.8 Å². The van der Waals surface area contributed by atoms with Crippen LogP contribution in [0.2, 0.25) is 0 Å². The molecule has 1 amide bonds. The first-order valence-corrected chi connectivity index (χ1v) is 7.80. The fourth-order valence-corrected chi connectivity index (χ4v) is 2.82. The lowest BCUT2D eigenvalue weighted by Gasteiger charge is -2.10. The van der Waals surface area contributed by atoms with Crippen LogP contribution in [0.15, 0.2) is 23.1 Å². The molecule has 1 aromatic carbocycles. The summed E-state index contributed by atoms with van der Waals surface area (Å²) in [7, 11) is -2.19. The van der Waals surface area contributed by atoms with Crippen molar-refractivity contribution >= 4 is 15.9 Å². The van der Waals surface area contributed by atoms with E-state index in [1.165, 1.54) is 13.2 Å². The maximum Gasteiger partial charge on any atom is 0.241 e. The van der Waals surface area contributed by atoms with Gasteiger partial charge in [-0.3, -0.25) is 4.79 Å². The Morgan fingerprint density at radius 3 is 2.60 bits per heavy atom. The Labute approximate surface area is 119 Å². The number of sulfonamides is 1. The van der Waals surface area contributed by atoms with E-state index in [2.05, 4.69) is 10.0 Å². The number of methoxy groups -OCH3 is 1. The second-order valence-electron chi connectivity index (χ2n) is 4.31. The van der Waals surface area contributed by atoms with Crippen LogP contribution >= 0.6 is 0 Å². The SMILES string of the molecule is CCCNC(=O)CNS(=O)(=O)c1ccc(OC)cc1C. The predicted octanol–water partition coefficient (Wildman–Crippen LogP) is 0.808. The van der Waals surface area contributed by atoms with Crippen molar-refractivity contribution in [1.29, 1.82) is 0 Å². The number of carbonyl (C=O) groups excluding carboxylic acids is 1. The minimum atomic E-state index is -3.70. The summed E-state index contributed by atoms with van der Waals surface area (Å²) >= 11 is 0. The lowest BCUT2D eigenvalue weighted by atomic mass is 10.2. The summed E-state index contributed by atoms with van der Waals surface area (Å²) in [5, 5.41) is 2.60. The second-order valence-corrected chi connectivity index (χ2v) is 6.04. The van der Waals surface area contributed by atoms with Gasteiger partial charge in [0.05, 0.1) is 18.6 Å². The third-order valence-electron chi connectivity index (χ3n) is 2.67. The molecule has 2 N–H and O–H groups in total. The average molecular weight is 300 g/mol. The first kappa shape index (κ1) is 16.5. The summed E-state index contributed by atoms with van der Waals surface area (Å²) in [6.45, 7) is 3.86. The Balaban J connectivity index is 2.76. The monoisotopic (exact) mass is 300 g/mol. The zero-order chi connectivity index (χ0) is 15.2. The van der Waals surface area contributed by atoms with Crippen LogP contribution in [-0.4, -0.2) is 34.5 Å². The van der Waals surface area contributed by atoms with E-state index in [4.69, 9.17) is 4.74 Å². The van der Waals surface area contributed by atoms with Crippen molar-refractivity contribution in [3.63, 3.8) is 0 Å². The molecule has 0 spiro atoms. The van der Waals surface area contributed by atoms with Gasteiger partial charge in [0.1, 0.15) is 5.75 Å². The molecular formula is C13H20N2O4S. The molecule has 0 bridgehead atoms. The smallest absolute Gasteiger partial charge is 0.241 e. The fourth-order valence-electron chi connectivity index (χ4n) is 1.62. The minimum absolute atomic E-state index is 0.140. The third-order valence-corrected chi connectivity index (χ3v) is 4.23. The highest BCUT2D eigenvalue weighted by molar-refractivity contribution is 7.89. The van der Waals surface area contributed by atoms with Crippen LogP contribution in [0.1, 0.15) is 18.9 Å². The van der Waals surface area contributed by atoms with Gasteiger partial charge in [-0.25, -0.2) is 13.1 Å². The van der Waals surface area contributed by atoms with E-state index in [0.717, 1.165) is 6.42 Å². The van der Waals surface area contributed by atoms with Crippen molar-refractivity contribution in [2.45, 2.75) is 25.2 Å². The highest BCUT2D eigenvalue weighted by Crippen LogP contribution is 2.20. The van der Waals surface area contributed by atoms with Crippen LogP contribution in [0.4, 0.5) is 0 Å². The lowest BCUT2D eigenvalue weighted by Crippen LogP contribution is -2.37. The number of nitrogens with one attached hydrogen (secondary N) is 2. The quantitative estimate of drug-likeness (QED) is 0.780. The number of rotatable bonds is 7. The number of carbonyl (C=O) groups is 1. The fraction of sp³-hybridized carbons (Fsp3) is 0.462. The second kappa shape index (κ2) is 7.25. The number of aryl methyl sites for hydroxylation is 1. The Hall–Kier alpha value is -1.60. The molecule has 0 atom stereocenters. The standard InChI is InChI=1S/C13H20N2O4S/c1-4-7-14-13(16)9-15-20(17,18)12-6-5-11(19-3)8-10(12)2/h5-6,8,15H,4,7,9H2,1-3H3,(H,14,16). The zero-order valence-electron chi connectivity index (χ0n) is 11.9. The highest BCUT2D eigenvalue weighted by atomic mass is 32.2. The van der Waals surface area contributed by atoms with Crippen molar-refractivity contribution in [3.8, 4) is 5.75 Å². The van der Waals surface area contributed by atoms with E-state index in [0.29, 0.717) is 17.9 Å². The molecular weight excluding hydrogens is 280 g/mol. The molecule has 20 heavy (non-hydrogen) atoms. The van der Waals surface area contributed by atoms with Gasteiger partial charge in [0.15, 0.2) is 0 Å². The van der Waals surface area contributed by atoms with Gasteiger partial charge in [-0.15, -0.1) is 0 Å². The number of amides is 1. The van der Waals surface area contributed by atoms with Crippen LogP contribution in [0.25, 0.3) is 0 Å². The van der Waals surface area contributed by atoms with Crippen molar-refractivity contribution in [1.82, 2.24) is 10.0 Å². The summed E-state index contributed by atoms with van der Waals surface area (Å²) in [5.74, 6) is 0.240. The zero-order valence-corrected chi connectivity index (χ0v) is 12.7. The van der Waals surface area contributed by atoms with Crippen molar-refractivity contribution in [2.75, 3.05) is 20.2 Å². The molecule has 6 nitrogen and oxygen atoms in total. The Kier molecular flexibility index (Phi) is 5.97. The normalized spacial score (nSPS) is 11.2. The molecule has 0 aromatic heterocycles. The van der Waals surface area contributed by atoms with Gasteiger partial charge in [-0.05, 0) is 37.1 Å². The van der Waals surface area contributed by atoms with Gasteiger partial charge in [0.25, 0.3) is 0 Å². The first-order valence-electron chi connectivity index (χ1n) is 6.31. The topological polar surface area (TPSA) is 84.5 Å². The van der Waals surface area contributed by atoms with E-state index < -0.39 is 10.0 Å². The van der Waals surface area contributed by atoms with Gasteiger partial charge in [0, 0.05) is 6.54 Å². The molecule has 7 heteroatoms. The van der Waals surface area contributed by atoms with E-state index >= 15 is 0 Å². The molecule has 1 aromatic rings. The molecule has 112 valence electrons. The molecule has 1 rings (SSSR count). The predicted molar refractivity (Wildman–Crippen MR) is 76.2 cm³/mol. The van der Waals surface area contributed by atoms with Gasteiger partial charge in [-0.1, -0.05) is 6.92 Å². The summed E-state index contributed by atoms with van der Waals surface area (Å²) < 4.78 is 31.5. The Bertz CT molecular complexity index is 570. The van der Waals surface area contributed by atoms with E-state index in [1.807, 2.05) is 6.92 Å². The molecule has 0 aliphatic carbocycles. The van der Waals surface area contributed by atoms with E-state index in [1.54, 1.807) is 19.1 Å². The van der Waals surface area contributed by atoms with E-state index in [-0.39, 0.29) is 17.3 Å². The lowest BCUT2D eigenvalue weighted by molar-refractivity contribution is -0.119. The van der Waals surface area contributed by atoms with Crippen molar-refractivity contribution < 1.29 is 17.9 Å². The molecule has 0 unspecified atom stereocenters. The van der Waals surface area contributed by atoms with Crippen LogP contribution in [0.5, 0.6) is 5.75 Å². The third kappa shape index (κ3) is 4.50. The van der Waals surface area contributed by atoms with Gasteiger partial charge in [-0.2, -0.15) is 0 Å². The average Bonchev–Trinajstić information content (AvgIpc) is 2.42. The summed E-state index contributed by atoms with van der Waals surface area (Å²) in [5.41, 5.74) is 0.561. The van der Waals surface area contributed by atoms with Crippen molar-refractivity contribution in [3.05, 3.63) is 23.8 Å². The van der Waals surface area contributed by atoms with Crippen molar-refractivity contribution in [2.24, 2.45) is 0 Å². The first-order chi connectivity index (χ1) is 9.40. The van der Waals surface area contributed by atoms with Crippen LogP contribution in [0, 0.1) is 6.92 Å². The molecule has 0 aliphatic rings. The number of hydrogen-bond donors (Lipinski definition) is 2. The van der Waals surface area contributed by atoms with Gasteiger partial charge in [0.2, 0.25) is 15.9 Å². The Morgan fingerprint density at radius 1 is 1.35 bits per heavy atom. The largest absolute Gasteiger partial charge is 0.497 e. The maximum absolute atomic E-state index is 12.1. The number of benzene rings is 1. The number of hydrogen-bond acceptors (Lipinski definition) is 4. The molecule has 0 heterocycles. The van der Waals surface area contributed by atoms with Gasteiger partial charge >= 0.3 is 0 Å². The minimum Gasteiger partial charge on any atom is -0.497 e. The summed E-state index contributed by atoms with van der Waals surface area (Å²) in [4.78, 5) is 11.5. The van der Waals surface area contributed by atoms with Crippen LogP contribution in [-0.2, 0) is 14.8 Å². The Morgan fingerprint density at radius 2 is 2.05 bits per heavy atom. The molecule has 0 saturated carbocycles. The summed E-state index contributed by atoms with van der Waals surface area (Å²) in [6.07, 6.45) is 0.802. The highest BCUT2D eigenvalue weighted by Gasteiger charge is 2.18. The molecule has 0 radical (unpaired) electrons.